The number of carbonyl (C=O) groups excluding carboxylic acids is 1. The third-order valence-corrected chi connectivity index (χ3v) is 3.96. The SMILES string of the molecule is C=CCCCCCCCCCC(C(=O)O)C(=O)On1c(O)ccc1O. The van der Waals surface area contributed by atoms with E-state index < -0.39 is 29.6 Å². The van der Waals surface area contributed by atoms with Gasteiger partial charge in [0.15, 0.2) is 5.92 Å². The average Bonchev–Trinajstić information content (AvgIpc) is 2.88. The van der Waals surface area contributed by atoms with Crippen molar-refractivity contribution in [2.24, 2.45) is 5.92 Å². The molecule has 1 aromatic rings. The van der Waals surface area contributed by atoms with E-state index in [9.17, 15) is 24.9 Å². The van der Waals surface area contributed by atoms with Gasteiger partial charge in [-0.05, 0) is 19.3 Å². The number of carboxylic acid groups (broad SMARTS) is 1. The number of aromatic nitrogens is 1. The summed E-state index contributed by atoms with van der Waals surface area (Å²) in [4.78, 5) is 28.0. The third kappa shape index (κ3) is 7.32. The van der Waals surface area contributed by atoms with E-state index >= 15 is 0 Å². The molecule has 1 heterocycles. The van der Waals surface area contributed by atoms with Crippen molar-refractivity contribution in [2.45, 2.75) is 57.8 Å². The number of aromatic hydroxyl groups is 2. The molecule has 0 saturated heterocycles. The largest absolute Gasteiger partial charge is 0.492 e. The molecule has 0 aliphatic rings. The van der Waals surface area contributed by atoms with Gasteiger partial charge in [0.1, 0.15) is 0 Å². The second-order valence-electron chi connectivity index (χ2n) is 5.99. The third-order valence-electron chi connectivity index (χ3n) is 3.96. The number of carbonyl (C=O) groups is 2. The van der Waals surface area contributed by atoms with E-state index in [0.717, 1.165) is 50.7 Å². The first kappa shape index (κ1) is 20.6. The van der Waals surface area contributed by atoms with Gasteiger partial charge >= 0.3 is 11.9 Å². The molecule has 1 rings (SSSR count). The lowest BCUT2D eigenvalue weighted by molar-refractivity contribution is -0.160. The highest BCUT2D eigenvalue weighted by Gasteiger charge is 2.29. The Hall–Kier alpha value is -2.44. The highest BCUT2D eigenvalue weighted by molar-refractivity contribution is 5.94. The molecule has 1 unspecified atom stereocenters. The molecule has 0 saturated carbocycles. The van der Waals surface area contributed by atoms with E-state index in [-0.39, 0.29) is 6.42 Å². The lowest BCUT2D eigenvalue weighted by Crippen LogP contribution is -2.32. The number of nitrogens with zero attached hydrogens (tertiary/aromatic N) is 1. The van der Waals surface area contributed by atoms with Crippen molar-refractivity contribution in [3.05, 3.63) is 24.8 Å². The zero-order valence-corrected chi connectivity index (χ0v) is 14.4. The smallest absolute Gasteiger partial charge is 0.347 e. The number of allylic oxidation sites excluding steroid dienone is 1. The Bertz CT molecular complexity index is 546. The molecule has 0 radical (unpaired) electrons. The van der Waals surface area contributed by atoms with Gasteiger partial charge in [-0.1, -0.05) is 44.6 Å². The summed E-state index contributed by atoms with van der Waals surface area (Å²) in [5.41, 5.74) is 0. The summed E-state index contributed by atoms with van der Waals surface area (Å²) in [5, 5.41) is 28.0. The van der Waals surface area contributed by atoms with Crippen LogP contribution in [0.3, 0.4) is 0 Å². The van der Waals surface area contributed by atoms with Gasteiger partial charge in [0.05, 0.1) is 0 Å². The van der Waals surface area contributed by atoms with E-state index in [1.54, 1.807) is 0 Å². The maximum absolute atomic E-state index is 12.0. The predicted octanol–water partition coefficient (Wildman–Crippen LogP) is 3.25. The van der Waals surface area contributed by atoms with Gasteiger partial charge in [0.25, 0.3) is 0 Å². The predicted molar refractivity (Wildman–Crippen MR) is 92.2 cm³/mol. The summed E-state index contributed by atoms with van der Waals surface area (Å²) in [5.74, 6) is -4.58. The minimum atomic E-state index is -1.33. The molecule has 0 amide bonds. The molecule has 0 aliphatic heterocycles. The van der Waals surface area contributed by atoms with Gasteiger partial charge in [-0.3, -0.25) is 4.79 Å². The van der Waals surface area contributed by atoms with Gasteiger partial charge in [0.2, 0.25) is 11.8 Å². The molecule has 7 heteroatoms. The van der Waals surface area contributed by atoms with Crippen LogP contribution in [0.15, 0.2) is 24.8 Å². The fourth-order valence-corrected chi connectivity index (χ4v) is 2.51. The van der Waals surface area contributed by atoms with Crippen LogP contribution in [0.2, 0.25) is 0 Å². The van der Waals surface area contributed by atoms with Crippen LogP contribution in [0, 0.1) is 5.92 Å². The number of carboxylic acids is 1. The monoisotopic (exact) mass is 353 g/mol. The molecule has 1 aromatic heterocycles. The molecule has 0 spiro atoms. The van der Waals surface area contributed by atoms with Crippen LogP contribution in [-0.2, 0) is 9.59 Å². The fourth-order valence-electron chi connectivity index (χ4n) is 2.51. The lowest BCUT2D eigenvalue weighted by atomic mass is 10.00. The van der Waals surface area contributed by atoms with Gasteiger partial charge in [-0.25, -0.2) is 4.79 Å². The zero-order valence-electron chi connectivity index (χ0n) is 14.4. The quantitative estimate of drug-likeness (QED) is 0.285. The molecule has 25 heavy (non-hydrogen) atoms. The first-order chi connectivity index (χ1) is 12.0. The first-order valence-corrected chi connectivity index (χ1v) is 8.63. The number of unbranched alkanes of at least 4 members (excludes halogenated alkanes) is 7. The molecule has 0 aliphatic carbocycles. The van der Waals surface area contributed by atoms with Crippen molar-refractivity contribution in [2.75, 3.05) is 0 Å². The molecule has 0 fully saturated rings. The van der Waals surface area contributed by atoms with Crippen LogP contribution in [0.25, 0.3) is 0 Å². The van der Waals surface area contributed by atoms with Crippen molar-refractivity contribution >= 4 is 11.9 Å². The lowest BCUT2D eigenvalue weighted by Gasteiger charge is -2.12. The maximum Gasteiger partial charge on any atom is 0.347 e. The molecule has 0 aromatic carbocycles. The normalized spacial score (nSPS) is 11.8. The summed E-state index contributed by atoms with van der Waals surface area (Å²) in [6.07, 6.45) is 10.1. The number of rotatable bonds is 13. The minimum absolute atomic E-state index is 0.160. The van der Waals surface area contributed by atoms with Gasteiger partial charge in [-0.15, -0.1) is 11.3 Å². The topological polar surface area (TPSA) is 109 Å². The summed E-state index contributed by atoms with van der Waals surface area (Å²) < 4.78 is 0.502. The Morgan fingerprint density at radius 2 is 1.56 bits per heavy atom. The van der Waals surface area contributed by atoms with E-state index in [4.69, 9.17) is 4.84 Å². The van der Waals surface area contributed by atoms with Crippen LogP contribution < -0.4 is 4.84 Å². The average molecular weight is 353 g/mol. The summed E-state index contributed by atoms with van der Waals surface area (Å²) in [6, 6.07) is 2.26. The van der Waals surface area contributed by atoms with Crippen LogP contribution in [0.5, 0.6) is 11.8 Å². The standard InChI is InChI=1S/C18H27NO6/c1-2-3-4-5-6-7-8-9-10-11-14(17(22)23)18(24)25-19-15(20)12-13-16(19)21/h2,12-14,20-21H,1,3-11H2,(H,22,23). The Morgan fingerprint density at radius 3 is 2.08 bits per heavy atom. The molecule has 0 bridgehead atoms. The first-order valence-electron chi connectivity index (χ1n) is 8.63. The highest BCUT2D eigenvalue weighted by Crippen LogP contribution is 2.20. The van der Waals surface area contributed by atoms with E-state index in [1.807, 2.05) is 6.08 Å². The molecular weight excluding hydrogens is 326 g/mol. The van der Waals surface area contributed by atoms with Crippen molar-refractivity contribution in [3.63, 3.8) is 0 Å². The van der Waals surface area contributed by atoms with Crippen molar-refractivity contribution in [3.8, 4) is 11.8 Å². The molecule has 7 nitrogen and oxygen atoms in total. The van der Waals surface area contributed by atoms with Crippen molar-refractivity contribution < 1.29 is 29.7 Å². The van der Waals surface area contributed by atoms with Crippen LogP contribution in [0.4, 0.5) is 0 Å². The van der Waals surface area contributed by atoms with Gasteiger partial charge in [-0.2, -0.15) is 0 Å². The second kappa shape index (κ2) is 11.2. The van der Waals surface area contributed by atoms with E-state index in [2.05, 4.69) is 6.58 Å². The maximum atomic E-state index is 12.0. The Kier molecular flexibility index (Phi) is 9.21. The van der Waals surface area contributed by atoms with Crippen LogP contribution >= 0.6 is 0 Å². The van der Waals surface area contributed by atoms with Crippen molar-refractivity contribution in [1.29, 1.82) is 0 Å². The van der Waals surface area contributed by atoms with E-state index in [0.29, 0.717) is 11.2 Å². The van der Waals surface area contributed by atoms with Crippen LogP contribution in [-0.4, -0.2) is 32.0 Å². The second-order valence-corrected chi connectivity index (χ2v) is 5.99. The van der Waals surface area contributed by atoms with Gasteiger partial charge in [0, 0.05) is 12.1 Å². The van der Waals surface area contributed by atoms with Gasteiger partial charge < -0.3 is 20.2 Å². The minimum Gasteiger partial charge on any atom is -0.492 e. The summed E-state index contributed by atoms with van der Waals surface area (Å²) >= 11 is 0. The van der Waals surface area contributed by atoms with Crippen LogP contribution in [0.1, 0.15) is 57.8 Å². The summed E-state index contributed by atoms with van der Waals surface area (Å²) in [6.45, 7) is 3.68. The molecular formula is C18H27NO6. The van der Waals surface area contributed by atoms with E-state index in [1.165, 1.54) is 6.42 Å². The Balaban J connectivity index is 2.31. The Morgan fingerprint density at radius 1 is 1.04 bits per heavy atom. The fraction of sp³-hybridized carbons (Fsp3) is 0.556. The number of hydrogen-bond acceptors (Lipinski definition) is 5. The van der Waals surface area contributed by atoms with Crippen molar-refractivity contribution in [1.82, 2.24) is 4.73 Å². The summed E-state index contributed by atoms with van der Waals surface area (Å²) in [7, 11) is 0. The molecule has 140 valence electrons. The Labute approximate surface area is 147 Å². The number of hydrogen-bond donors (Lipinski definition) is 3. The molecule has 1 atom stereocenters. The zero-order chi connectivity index (χ0) is 18.7. The molecule has 3 N–H and O–H groups in total. The number of aliphatic carboxylic acids is 1. The highest BCUT2D eigenvalue weighted by atomic mass is 16.7.